The van der Waals surface area contributed by atoms with Crippen LogP contribution in [0.5, 0.6) is 0 Å². The van der Waals surface area contributed by atoms with Crippen molar-refractivity contribution < 1.29 is 18.7 Å². The maximum atomic E-state index is 13.5. The predicted octanol–water partition coefficient (Wildman–Crippen LogP) is 2.95. The Morgan fingerprint density at radius 3 is 2.88 bits per heavy atom. The van der Waals surface area contributed by atoms with Crippen LogP contribution in [-0.4, -0.2) is 24.0 Å². The van der Waals surface area contributed by atoms with E-state index in [0.29, 0.717) is 4.47 Å². The summed E-state index contributed by atoms with van der Waals surface area (Å²) in [6.45, 7) is 1.16. The quantitative estimate of drug-likeness (QED) is 0.594. The number of nitrogens with one attached hydrogen (secondary N) is 1. The van der Waals surface area contributed by atoms with Crippen LogP contribution in [-0.2, 0) is 14.3 Å². The van der Waals surface area contributed by atoms with E-state index < -0.39 is 29.8 Å². The van der Waals surface area contributed by atoms with Crippen LogP contribution in [0.25, 0.3) is 6.08 Å². The molecule has 1 fully saturated rings. The smallest absolute Gasteiger partial charge is 0.331 e. The molecule has 0 radical (unpaired) electrons. The molecule has 5 nitrogen and oxygen atoms in total. The van der Waals surface area contributed by atoms with E-state index >= 15 is 0 Å². The van der Waals surface area contributed by atoms with Gasteiger partial charge in [0, 0.05) is 16.1 Å². The Kier molecular flexibility index (Phi) is 5.73. The topological polar surface area (TPSA) is 79.2 Å². The highest BCUT2D eigenvalue weighted by Gasteiger charge is 2.43. The molecule has 0 saturated heterocycles. The SMILES string of the molecule is C[C@@](C#N)(NC(=O)COC(=O)/C=C/c1cc(Br)ccc1F)C1CC1. The van der Waals surface area contributed by atoms with Crippen molar-refractivity contribution in [1.82, 2.24) is 5.32 Å². The first-order chi connectivity index (χ1) is 11.3. The zero-order valence-electron chi connectivity index (χ0n) is 13.0. The number of nitriles is 1. The first-order valence-electron chi connectivity index (χ1n) is 7.36. The lowest BCUT2D eigenvalue weighted by atomic mass is 9.98. The molecule has 24 heavy (non-hydrogen) atoms. The normalized spacial score (nSPS) is 16.2. The summed E-state index contributed by atoms with van der Waals surface area (Å²) in [7, 11) is 0. The van der Waals surface area contributed by atoms with Gasteiger partial charge in [-0.2, -0.15) is 5.26 Å². The van der Waals surface area contributed by atoms with Gasteiger partial charge >= 0.3 is 5.97 Å². The molecule has 1 aromatic rings. The van der Waals surface area contributed by atoms with Gasteiger partial charge in [0.05, 0.1) is 6.07 Å². The molecule has 0 aliphatic heterocycles. The summed E-state index contributed by atoms with van der Waals surface area (Å²) in [5.41, 5.74) is -0.713. The number of benzene rings is 1. The van der Waals surface area contributed by atoms with E-state index in [-0.39, 0.29) is 11.5 Å². The fourth-order valence-corrected chi connectivity index (χ4v) is 2.57. The Morgan fingerprint density at radius 1 is 1.54 bits per heavy atom. The summed E-state index contributed by atoms with van der Waals surface area (Å²) >= 11 is 3.21. The van der Waals surface area contributed by atoms with Gasteiger partial charge in [0.2, 0.25) is 0 Å². The van der Waals surface area contributed by atoms with Gasteiger partial charge < -0.3 is 10.1 Å². The Labute approximate surface area is 147 Å². The Hall–Kier alpha value is -2.20. The standard InChI is InChI=1S/C17H16BrFN2O3/c1-17(10-20,12-3-4-12)21-15(22)9-24-16(23)7-2-11-8-13(18)5-6-14(11)19/h2,5-8,12H,3-4,9H2,1H3,(H,21,22)/b7-2+/t17-/m0/s1. The Balaban J connectivity index is 1.84. The minimum absolute atomic E-state index is 0.140. The number of amides is 1. The number of carbonyl (C=O) groups is 2. The summed E-state index contributed by atoms with van der Waals surface area (Å²) in [6.07, 6.45) is 4.10. The van der Waals surface area contributed by atoms with E-state index in [1.165, 1.54) is 18.2 Å². The summed E-state index contributed by atoms with van der Waals surface area (Å²) in [6, 6.07) is 6.41. The van der Waals surface area contributed by atoms with Crippen LogP contribution in [0.1, 0.15) is 25.3 Å². The maximum absolute atomic E-state index is 13.5. The summed E-state index contributed by atoms with van der Waals surface area (Å²) in [5.74, 6) is -1.65. The van der Waals surface area contributed by atoms with E-state index in [2.05, 4.69) is 27.3 Å². The second kappa shape index (κ2) is 7.58. The van der Waals surface area contributed by atoms with Crippen molar-refractivity contribution in [2.24, 2.45) is 5.92 Å². The van der Waals surface area contributed by atoms with Crippen molar-refractivity contribution in [2.75, 3.05) is 6.61 Å². The number of rotatable bonds is 6. The number of hydrogen-bond donors (Lipinski definition) is 1. The lowest BCUT2D eigenvalue weighted by molar-refractivity contribution is -0.144. The molecule has 0 heterocycles. The van der Waals surface area contributed by atoms with Crippen LogP contribution in [0.2, 0.25) is 0 Å². The van der Waals surface area contributed by atoms with Crippen molar-refractivity contribution in [2.45, 2.75) is 25.3 Å². The van der Waals surface area contributed by atoms with Crippen LogP contribution in [0, 0.1) is 23.1 Å². The minimum Gasteiger partial charge on any atom is -0.452 e. The van der Waals surface area contributed by atoms with Gasteiger partial charge in [0.1, 0.15) is 11.4 Å². The zero-order valence-corrected chi connectivity index (χ0v) is 14.6. The van der Waals surface area contributed by atoms with E-state index in [0.717, 1.165) is 18.9 Å². The van der Waals surface area contributed by atoms with Gasteiger partial charge in [-0.3, -0.25) is 4.79 Å². The molecule has 7 heteroatoms. The molecule has 1 atom stereocenters. The van der Waals surface area contributed by atoms with E-state index in [9.17, 15) is 14.0 Å². The molecule has 1 aliphatic rings. The van der Waals surface area contributed by atoms with Crippen molar-refractivity contribution >= 4 is 33.9 Å². The fraction of sp³-hybridized carbons (Fsp3) is 0.353. The third kappa shape index (κ3) is 4.90. The molecule has 126 valence electrons. The van der Waals surface area contributed by atoms with E-state index in [4.69, 9.17) is 10.00 Å². The van der Waals surface area contributed by atoms with Crippen molar-refractivity contribution in [3.8, 4) is 6.07 Å². The Bertz CT molecular complexity index is 725. The van der Waals surface area contributed by atoms with Gasteiger partial charge in [-0.25, -0.2) is 9.18 Å². The van der Waals surface area contributed by atoms with Crippen LogP contribution < -0.4 is 5.32 Å². The van der Waals surface area contributed by atoms with E-state index in [1.807, 2.05) is 0 Å². The fourth-order valence-electron chi connectivity index (χ4n) is 2.19. The maximum Gasteiger partial charge on any atom is 0.331 e. The predicted molar refractivity (Wildman–Crippen MR) is 89.0 cm³/mol. The molecule has 1 aromatic carbocycles. The molecule has 0 aromatic heterocycles. The monoisotopic (exact) mass is 394 g/mol. The van der Waals surface area contributed by atoms with Crippen molar-refractivity contribution in [3.63, 3.8) is 0 Å². The van der Waals surface area contributed by atoms with Gasteiger partial charge in [-0.15, -0.1) is 0 Å². The lowest BCUT2D eigenvalue weighted by Crippen LogP contribution is -2.48. The Morgan fingerprint density at radius 2 is 2.25 bits per heavy atom. The molecular weight excluding hydrogens is 379 g/mol. The van der Waals surface area contributed by atoms with Gasteiger partial charge in [0.25, 0.3) is 5.91 Å². The average Bonchev–Trinajstić information content (AvgIpc) is 3.39. The summed E-state index contributed by atoms with van der Waals surface area (Å²) < 4.78 is 19.0. The largest absolute Gasteiger partial charge is 0.452 e. The first kappa shape index (κ1) is 18.1. The summed E-state index contributed by atoms with van der Waals surface area (Å²) in [4.78, 5) is 23.4. The second-order valence-corrected chi connectivity index (χ2v) is 6.66. The number of esters is 1. The number of carbonyl (C=O) groups excluding carboxylic acids is 2. The molecule has 1 amide bonds. The molecule has 1 aliphatic carbocycles. The van der Waals surface area contributed by atoms with Gasteiger partial charge in [-0.05, 0) is 50.0 Å². The van der Waals surface area contributed by atoms with Crippen LogP contribution in [0.3, 0.4) is 0 Å². The molecular formula is C17H16BrFN2O3. The molecule has 0 unspecified atom stereocenters. The van der Waals surface area contributed by atoms with Gasteiger partial charge in [-0.1, -0.05) is 15.9 Å². The number of hydrogen-bond acceptors (Lipinski definition) is 4. The number of halogens is 2. The minimum atomic E-state index is -0.932. The van der Waals surface area contributed by atoms with Gasteiger partial charge in [0.15, 0.2) is 6.61 Å². The van der Waals surface area contributed by atoms with Crippen molar-refractivity contribution in [3.05, 3.63) is 40.1 Å². The number of nitrogens with zero attached hydrogens (tertiary/aromatic N) is 1. The summed E-state index contributed by atoms with van der Waals surface area (Å²) in [5, 5.41) is 11.7. The zero-order chi connectivity index (χ0) is 17.7. The molecule has 1 saturated carbocycles. The van der Waals surface area contributed by atoms with E-state index in [1.54, 1.807) is 13.0 Å². The third-order valence-corrected chi connectivity index (χ3v) is 4.22. The molecule has 1 N–H and O–H groups in total. The second-order valence-electron chi connectivity index (χ2n) is 5.74. The highest BCUT2D eigenvalue weighted by molar-refractivity contribution is 9.10. The van der Waals surface area contributed by atoms with Crippen LogP contribution >= 0.6 is 15.9 Å². The average molecular weight is 395 g/mol. The lowest BCUT2D eigenvalue weighted by Gasteiger charge is -2.22. The molecule has 0 bridgehead atoms. The highest BCUT2D eigenvalue weighted by Crippen LogP contribution is 2.39. The number of ether oxygens (including phenoxy) is 1. The molecule has 0 spiro atoms. The first-order valence-corrected chi connectivity index (χ1v) is 8.15. The third-order valence-electron chi connectivity index (χ3n) is 3.73. The van der Waals surface area contributed by atoms with Crippen molar-refractivity contribution in [1.29, 1.82) is 5.26 Å². The highest BCUT2D eigenvalue weighted by atomic mass is 79.9. The van der Waals surface area contributed by atoms with Crippen LogP contribution in [0.4, 0.5) is 4.39 Å². The van der Waals surface area contributed by atoms with Crippen LogP contribution in [0.15, 0.2) is 28.7 Å². The molecule has 2 rings (SSSR count).